The molecule has 100 valence electrons. The highest BCUT2D eigenvalue weighted by Crippen LogP contribution is 2.31. The largest absolute Gasteiger partial charge is 0.393 e. The standard InChI is InChI=1S/C16H18O2S/c17-14(9-12-6-8-19-11-12)10-16-15-4-2-1-3-13(15)5-7-18-16/h1-4,6,8,11,14,16-17H,5,7,9-10H2. The zero-order valence-corrected chi connectivity index (χ0v) is 11.6. The van der Waals surface area contributed by atoms with Crippen molar-refractivity contribution < 1.29 is 9.84 Å². The van der Waals surface area contributed by atoms with Gasteiger partial charge < -0.3 is 9.84 Å². The quantitative estimate of drug-likeness (QED) is 0.926. The number of aliphatic hydroxyl groups excluding tert-OH is 1. The average molecular weight is 274 g/mol. The van der Waals surface area contributed by atoms with Crippen LogP contribution in [0.3, 0.4) is 0 Å². The van der Waals surface area contributed by atoms with Crippen LogP contribution in [0, 0.1) is 0 Å². The van der Waals surface area contributed by atoms with E-state index in [-0.39, 0.29) is 12.2 Å². The summed E-state index contributed by atoms with van der Waals surface area (Å²) >= 11 is 1.67. The Kier molecular flexibility index (Phi) is 3.97. The number of hydrogen-bond donors (Lipinski definition) is 1. The molecular formula is C16H18O2S. The molecule has 3 heteroatoms. The zero-order chi connectivity index (χ0) is 13.1. The molecule has 0 aliphatic carbocycles. The molecular weight excluding hydrogens is 256 g/mol. The van der Waals surface area contributed by atoms with E-state index in [9.17, 15) is 5.11 Å². The molecule has 0 spiro atoms. The van der Waals surface area contributed by atoms with Crippen molar-refractivity contribution in [3.05, 3.63) is 57.8 Å². The van der Waals surface area contributed by atoms with Gasteiger partial charge in [-0.05, 0) is 46.4 Å². The van der Waals surface area contributed by atoms with E-state index in [0.717, 1.165) is 13.0 Å². The second kappa shape index (κ2) is 5.87. The van der Waals surface area contributed by atoms with Crippen LogP contribution in [-0.4, -0.2) is 17.8 Å². The molecule has 0 bridgehead atoms. The number of ether oxygens (including phenoxy) is 1. The number of rotatable bonds is 4. The van der Waals surface area contributed by atoms with Crippen molar-refractivity contribution in [2.45, 2.75) is 31.5 Å². The summed E-state index contributed by atoms with van der Waals surface area (Å²) in [5.41, 5.74) is 3.82. The third kappa shape index (κ3) is 3.06. The molecule has 2 atom stereocenters. The van der Waals surface area contributed by atoms with Crippen molar-refractivity contribution in [2.75, 3.05) is 6.61 Å². The molecule has 2 aromatic rings. The van der Waals surface area contributed by atoms with Crippen molar-refractivity contribution in [1.82, 2.24) is 0 Å². The number of fused-ring (bicyclic) bond motifs is 1. The summed E-state index contributed by atoms with van der Waals surface area (Å²) in [4.78, 5) is 0. The smallest absolute Gasteiger partial charge is 0.0852 e. The Labute approximate surface area is 117 Å². The normalized spacial score (nSPS) is 19.9. The van der Waals surface area contributed by atoms with Crippen LogP contribution >= 0.6 is 11.3 Å². The van der Waals surface area contributed by atoms with Crippen molar-refractivity contribution in [3.8, 4) is 0 Å². The highest BCUT2D eigenvalue weighted by molar-refractivity contribution is 7.07. The van der Waals surface area contributed by atoms with Crippen molar-refractivity contribution in [2.24, 2.45) is 0 Å². The minimum Gasteiger partial charge on any atom is -0.393 e. The monoisotopic (exact) mass is 274 g/mol. The molecule has 1 aliphatic heterocycles. The molecule has 1 N–H and O–H groups in total. The molecule has 2 heterocycles. The molecule has 0 saturated carbocycles. The fraction of sp³-hybridized carbons (Fsp3) is 0.375. The average Bonchev–Trinajstić information content (AvgIpc) is 2.92. The Morgan fingerprint density at radius 2 is 2.21 bits per heavy atom. The van der Waals surface area contributed by atoms with Crippen molar-refractivity contribution in [1.29, 1.82) is 0 Å². The van der Waals surface area contributed by atoms with Gasteiger partial charge in [-0.25, -0.2) is 0 Å². The third-order valence-electron chi connectivity index (χ3n) is 3.63. The zero-order valence-electron chi connectivity index (χ0n) is 10.8. The summed E-state index contributed by atoms with van der Waals surface area (Å²) in [5.74, 6) is 0. The maximum atomic E-state index is 10.2. The molecule has 2 unspecified atom stereocenters. The molecule has 1 aromatic heterocycles. The summed E-state index contributed by atoms with van der Waals surface area (Å²) in [7, 11) is 0. The number of benzene rings is 1. The van der Waals surface area contributed by atoms with Crippen LogP contribution in [0.25, 0.3) is 0 Å². The van der Waals surface area contributed by atoms with E-state index in [1.807, 2.05) is 6.07 Å². The second-order valence-corrected chi connectivity index (χ2v) is 5.81. The summed E-state index contributed by atoms with van der Waals surface area (Å²) < 4.78 is 5.84. The van der Waals surface area contributed by atoms with Crippen LogP contribution in [0.15, 0.2) is 41.1 Å². The lowest BCUT2D eigenvalue weighted by Crippen LogP contribution is -2.22. The molecule has 1 aliphatic rings. The predicted octanol–water partition coefficient (Wildman–Crippen LogP) is 3.36. The van der Waals surface area contributed by atoms with Crippen LogP contribution in [-0.2, 0) is 17.6 Å². The first-order valence-electron chi connectivity index (χ1n) is 6.71. The summed E-state index contributed by atoms with van der Waals surface area (Å²) in [6.45, 7) is 0.757. The van der Waals surface area contributed by atoms with Gasteiger partial charge >= 0.3 is 0 Å². The van der Waals surface area contributed by atoms with Crippen LogP contribution in [0.2, 0.25) is 0 Å². The van der Waals surface area contributed by atoms with Gasteiger partial charge in [0.25, 0.3) is 0 Å². The van der Waals surface area contributed by atoms with Crippen LogP contribution in [0.4, 0.5) is 0 Å². The van der Waals surface area contributed by atoms with E-state index < -0.39 is 0 Å². The van der Waals surface area contributed by atoms with Gasteiger partial charge in [-0.3, -0.25) is 0 Å². The van der Waals surface area contributed by atoms with Crippen LogP contribution in [0.5, 0.6) is 0 Å². The van der Waals surface area contributed by atoms with E-state index in [0.29, 0.717) is 12.8 Å². The van der Waals surface area contributed by atoms with Gasteiger partial charge in [0.05, 0.1) is 18.8 Å². The van der Waals surface area contributed by atoms with Gasteiger partial charge in [0.1, 0.15) is 0 Å². The molecule has 0 radical (unpaired) electrons. The SMILES string of the molecule is OC(Cc1ccsc1)CC1OCCc2ccccc21. The fourth-order valence-corrected chi connectivity index (χ4v) is 3.36. The first-order valence-corrected chi connectivity index (χ1v) is 7.66. The molecule has 3 rings (SSSR count). The van der Waals surface area contributed by atoms with Crippen molar-refractivity contribution in [3.63, 3.8) is 0 Å². The molecule has 2 nitrogen and oxygen atoms in total. The molecule has 0 saturated heterocycles. The third-order valence-corrected chi connectivity index (χ3v) is 4.36. The lowest BCUT2D eigenvalue weighted by Gasteiger charge is -2.27. The van der Waals surface area contributed by atoms with Gasteiger partial charge in [-0.15, -0.1) is 0 Å². The van der Waals surface area contributed by atoms with E-state index >= 15 is 0 Å². The lowest BCUT2D eigenvalue weighted by atomic mass is 9.93. The predicted molar refractivity (Wildman–Crippen MR) is 77.5 cm³/mol. The Morgan fingerprint density at radius 1 is 1.32 bits per heavy atom. The summed E-state index contributed by atoms with van der Waals surface area (Å²) in [6, 6.07) is 10.5. The fourth-order valence-electron chi connectivity index (χ4n) is 2.68. The summed E-state index contributed by atoms with van der Waals surface area (Å²) in [6.07, 6.45) is 2.07. The topological polar surface area (TPSA) is 29.5 Å². The van der Waals surface area contributed by atoms with Crippen LogP contribution in [0.1, 0.15) is 29.2 Å². The summed E-state index contributed by atoms with van der Waals surface area (Å²) in [5, 5.41) is 14.4. The molecule has 0 amide bonds. The van der Waals surface area contributed by atoms with Crippen LogP contribution < -0.4 is 0 Å². The second-order valence-electron chi connectivity index (χ2n) is 5.03. The molecule has 19 heavy (non-hydrogen) atoms. The first kappa shape index (κ1) is 12.9. The van der Waals surface area contributed by atoms with E-state index in [2.05, 4.69) is 35.0 Å². The Balaban J connectivity index is 1.67. The molecule has 0 fully saturated rings. The molecule has 1 aromatic carbocycles. The van der Waals surface area contributed by atoms with E-state index in [1.165, 1.54) is 16.7 Å². The van der Waals surface area contributed by atoms with Crippen molar-refractivity contribution >= 4 is 11.3 Å². The minimum absolute atomic E-state index is 0.0404. The van der Waals surface area contributed by atoms with Gasteiger partial charge in [0.2, 0.25) is 0 Å². The maximum absolute atomic E-state index is 10.2. The van der Waals surface area contributed by atoms with Gasteiger partial charge in [0, 0.05) is 6.42 Å². The van der Waals surface area contributed by atoms with Gasteiger partial charge in [-0.1, -0.05) is 24.3 Å². The number of aliphatic hydroxyl groups is 1. The highest BCUT2D eigenvalue weighted by atomic mass is 32.1. The lowest BCUT2D eigenvalue weighted by molar-refractivity contribution is 0.00458. The Bertz CT molecular complexity index is 521. The van der Waals surface area contributed by atoms with Gasteiger partial charge in [0.15, 0.2) is 0 Å². The Morgan fingerprint density at radius 3 is 3.05 bits per heavy atom. The highest BCUT2D eigenvalue weighted by Gasteiger charge is 2.23. The number of thiophene rings is 1. The van der Waals surface area contributed by atoms with E-state index in [4.69, 9.17) is 4.74 Å². The number of hydrogen-bond acceptors (Lipinski definition) is 3. The Hall–Kier alpha value is -1.16. The minimum atomic E-state index is -0.342. The van der Waals surface area contributed by atoms with Gasteiger partial charge in [-0.2, -0.15) is 11.3 Å². The van der Waals surface area contributed by atoms with E-state index in [1.54, 1.807) is 11.3 Å². The first-order chi connectivity index (χ1) is 9.33. The maximum Gasteiger partial charge on any atom is 0.0852 e.